The fourth-order valence-electron chi connectivity index (χ4n) is 9.59. The largest absolute Gasteiger partial charge is 0.172 e. The third kappa shape index (κ3) is 1.56. The predicted molar refractivity (Wildman–Crippen MR) is 89.4 cm³/mol. The first-order valence-corrected chi connectivity index (χ1v) is 10.2. The van der Waals surface area contributed by atoms with Gasteiger partial charge >= 0.3 is 0 Å². The van der Waals surface area contributed by atoms with Gasteiger partial charge in [0.05, 0.1) is 0 Å². The van der Waals surface area contributed by atoms with Gasteiger partial charge in [0.2, 0.25) is 0 Å². The summed E-state index contributed by atoms with van der Waals surface area (Å²) in [4.78, 5) is 0. The van der Waals surface area contributed by atoms with E-state index in [1.54, 1.807) is 57.8 Å². The lowest BCUT2D eigenvalue weighted by atomic mass is 9.35. The van der Waals surface area contributed by atoms with Crippen LogP contribution in [-0.2, 0) is 0 Å². The molecule has 0 spiro atoms. The Balaban J connectivity index is 1.45. The van der Waals surface area contributed by atoms with Crippen molar-refractivity contribution in [3.05, 3.63) is 0 Å². The van der Waals surface area contributed by atoms with E-state index in [2.05, 4.69) is 0 Å². The molecule has 116 valence electrons. The van der Waals surface area contributed by atoms with Gasteiger partial charge in [0, 0.05) is 4.75 Å². The van der Waals surface area contributed by atoms with Gasteiger partial charge in [-0.25, -0.2) is 0 Å². The lowest BCUT2D eigenvalue weighted by molar-refractivity contribution is -0.193. The Hall–Kier alpha value is 0.350. The molecular formula is C20H30S. The lowest BCUT2D eigenvalue weighted by Crippen LogP contribution is -2.63. The molecule has 8 aliphatic carbocycles. The second-order valence-electron chi connectivity index (χ2n) is 10.7. The van der Waals surface area contributed by atoms with Gasteiger partial charge in [0.25, 0.3) is 0 Å². The van der Waals surface area contributed by atoms with Crippen molar-refractivity contribution >= 4 is 12.6 Å². The first-order chi connectivity index (χ1) is 10.1. The average Bonchev–Trinajstić information content (AvgIpc) is 2.33. The van der Waals surface area contributed by atoms with Crippen LogP contribution in [0.4, 0.5) is 0 Å². The van der Waals surface area contributed by atoms with Gasteiger partial charge in [-0.2, -0.15) is 12.6 Å². The highest BCUT2D eigenvalue weighted by Crippen LogP contribution is 2.76. The standard InChI is InChI=1S/C20H30S/c21-20-10-16-4-17(11-20)9-19(8-16,12-20)18-5-13-1-14(6-18)3-15(2-13)7-18/h13-17,21H,1-12H2/t13?,14?,15?,16-,17+,18?,19?,20?. The smallest absolute Gasteiger partial charge is 0.0140 e. The maximum Gasteiger partial charge on any atom is 0.0140 e. The highest BCUT2D eigenvalue weighted by atomic mass is 32.1. The molecule has 1 heteroatoms. The summed E-state index contributed by atoms with van der Waals surface area (Å²) in [5.41, 5.74) is 1.53. The van der Waals surface area contributed by atoms with Gasteiger partial charge in [-0.3, -0.25) is 0 Å². The molecule has 0 aromatic carbocycles. The summed E-state index contributed by atoms with van der Waals surface area (Å²) < 4.78 is 0.452. The summed E-state index contributed by atoms with van der Waals surface area (Å²) >= 11 is 5.27. The molecule has 0 N–H and O–H groups in total. The highest BCUT2D eigenvalue weighted by Gasteiger charge is 2.66. The summed E-state index contributed by atoms with van der Waals surface area (Å²) in [6.07, 6.45) is 18.9. The lowest BCUT2D eigenvalue weighted by Gasteiger charge is -2.71. The van der Waals surface area contributed by atoms with E-state index in [0.717, 1.165) is 40.4 Å². The van der Waals surface area contributed by atoms with Crippen molar-refractivity contribution in [1.82, 2.24) is 0 Å². The van der Waals surface area contributed by atoms with Crippen molar-refractivity contribution in [2.75, 3.05) is 0 Å². The minimum atomic E-state index is 0.452. The summed E-state index contributed by atoms with van der Waals surface area (Å²) in [5.74, 6) is 5.48. The van der Waals surface area contributed by atoms with Crippen LogP contribution in [0.15, 0.2) is 0 Å². The van der Waals surface area contributed by atoms with E-state index in [9.17, 15) is 0 Å². The number of thiol groups is 1. The van der Waals surface area contributed by atoms with Crippen LogP contribution in [0.25, 0.3) is 0 Å². The third-order valence-electron chi connectivity index (χ3n) is 9.19. The zero-order valence-electron chi connectivity index (χ0n) is 13.3. The van der Waals surface area contributed by atoms with Crippen molar-refractivity contribution < 1.29 is 0 Å². The third-order valence-corrected chi connectivity index (χ3v) is 9.72. The Morgan fingerprint density at radius 2 is 0.952 bits per heavy atom. The molecule has 21 heavy (non-hydrogen) atoms. The number of rotatable bonds is 1. The molecule has 0 radical (unpaired) electrons. The molecule has 8 rings (SSSR count). The molecule has 0 amide bonds. The Morgan fingerprint density at radius 1 is 0.524 bits per heavy atom. The quantitative estimate of drug-likeness (QED) is 0.610. The predicted octanol–water partition coefficient (Wildman–Crippen LogP) is 5.47. The Morgan fingerprint density at radius 3 is 1.43 bits per heavy atom. The van der Waals surface area contributed by atoms with Crippen molar-refractivity contribution in [2.24, 2.45) is 40.4 Å². The van der Waals surface area contributed by atoms with Crippen molar-refractivity contribution in [2.45, 2.75) is 81.8 Å². The van der Waals surface area contributed by atoms with Gasteiger partial charge < -0.3 is 0 Å². The maximum absolute atomic E-state index is 5.27. The van der Waals surface area contributed by atoms with Crippen molar-refractivity contribution in [1.29, 1.82) is 0 Å². The molecular weight excluding hydrogens is 272 g/mol. The summed E-state index contributed by atoms with van der Waals surface area (Å²) in [5, 5.41) is 0. The second kappa shape index (κ2) is 3.70. The molecule has 8 aliphatic rings. The molecule has 0 aromatic heterocycles. The van der Waals surface area contributed by atoms with E-state index < -0.39 is 0 Å². The highest BCUT2D eigenvalue weighted by molar-refractivity contribution is 7.81. The summed E-state index contributed by atoms with van der Waals surface area (Å²) in [6, 6.07) is 0. The molecule has 4 atom stereocenters. The van der Waals surface area contributed by atoms with Gasteiger partial charge in [-0.15, -0.1) is 0 Å². The maximum atomic E-state index is 5.27. The van der Waals surface area contributed by atoms with E-state index >= 15 is 0 Å². The molecule has 2 unspecified atom stereocenters. The van der Waals surface area contributed by atoms with E-state index in [-0.39, 0.29) is 0 Å². The topological polar surface area (TPSA) is 0 Å². The van der Waals surface area contributed by atoms with Crippen LogP contribution in [0.3, 0.4) is 0 Å². The van der Waals surface area contributed by atoms with E-state index in [1.807, 2.05) is 0 Å². The molecule has 8 bridgehead atoms. The Labute approximate surface area is 135 Å². The first-order valence-electron chi connectivity index (χ1n) is 9.78. The molecule has 0 saturated heterocycles. The van der Waals surface area contributed by atoms with E-state index in [4.69, 9.17) is 12.6 Å². The first kappa shape index (κ1) is 12.7. The van der Waals surface area contributed by atoms with Gasteiger partial charge in [0.15, 0.2) is 0 Å². The molecule has 8 saturated carbocycles. The zero-order chi connectivity index (χ0) is 13.9. The zero-order valence-corrected chi connectivity index (χ0v) is 14.2. The molecule has 0 aliphatic heterocycles. The number of hydrogen-bond donors (Lipinski definition) is 1. The molecule has 0 nitrogen and oxygen atoms in total. The minimum Gasteiger partial charge on any atom is -0.172 e. The normalized spacial score (nSPS) is 67.0. The second-order valence-corrected chi connectivity index (χ2v) is 11.6. The molecule has 8 fully saturated rings. The van der Waals surface area contributed by atoms with Crippen LogP contribution in [0, 0.1) is 40.4 Å². The van der Waals surface area contributed by atoms with E-state index in [0.29, 0.717) is 4.75 Å². The minimum absolute atomic E-state index is 0.452. The SMILES string of the molecule is SC12C[C@H]3C[C@@H](C1)CC(C14CC5CC(CC(C5)C1)C4)(C3)C2. The van der Waals surface area contributed by atoms with Crippen LogP contribution in [0.2, 0.25) is 0 Å². The van der Waals surface area contributed by atoms with E-state index in [1.165, 1.54) is 19.3 Å². The monoisotopic (exact) mass is 302 g/mol. The van der Waals surface area contributed by atoms with Gasteiger partial charge in [-0.1, -0.05) is 0 Å². The van der Waals surface area contributed by atoms with Gasteiger partial charge in [-0.05, 0) is 117 Å². The van der Waals surface area contributed by atoms with Crippen LogP contribution in [0.1, 0.15) is 77.0 Å². The van der Waals surface area contributed by atoms with Crippen molar-refractivity contribution in [3.63, 3.8) is 0 Å². The fourth-order valence-corrected chi connectivity index (χ4v) is 10.4. The Kier molecular flexibility index (Phi) is 2.25. The summed E-state index contributed by atoms with van der Waals surface area (Å²) in [6.45, 7) is 0. The molecule has 0 heterocycles. The van der Waals surface area contributed by atoms with Crippen LogP contribution < -0.4 is 0 Å². The molecule has 0 aromatic rings. The van der Waals surface area contributed by atoms with Crippen LogP contribution in [-0.4, -0.2) is 4.75 Å². The van der Waals surface area contributed by atoms with Gasteiger partial charge in [0.1, 0.15) is 0 Å². The average molecular weight is 303 g/mol. The Bertz CT molecular complexity index is 443. The van der Waals surface area contributed by atoms with Crippen LogP contribution in [0.5, 0.6) is 0 Å². The fraction of sp³-hybridized carbons (Fsp3) is 1.00. The summed E-state index contributed by atoms with van der Waals surface area (Å²) in [7, 11) is 0. The van der Waals surface area contributed by atoms with Crippen molar-refractivity contribution in [3.8, 4) is 0 Å². The van der Waals surface area contributed by atoms with Crippen LogP contribution >= 0.6 is 12.6 Å². The number of hydrogen-bond acceptors (Lipinski definition) is 1.